The quantitative estimate of drug-likeness (QED) is 0.626. The van der Waals surface area contributed by atoms with E-state index >= 15 is 0 Å². The van der Waals surface area contributed by atoms with Gasteiger partial charge in [0.05, 0.1) is 4.90 Å². The van der Waals surface area contributed by atoms with E-state index in [1.54, 1.807) is 54.6 Å². The third-order valence-electron chi connectivity index (χ3n) is 4.12. The van der Waals surface area contributed by atoms with E-state index in [4.69, 9.17) is 0 Å². The lowest BCUT2D eigenvalue weighted by atomic mass is 10.1. The van der Waals surface area contributed by atoms with Gasteiger partial charge in [0.1, 0.15) is 5.82 Å². The highest BCUT2D eigenvalue weighted by atomic mass is 32.2. The molecule has 3 rings (SSSR count). The van der Waals surface area contributed by atoms with Gasteiger partial charge < -0.3 is 5.32 Å². The second kappa shape index (κ2) is 8.22. The molecule has 0 unspecified atom stereocenters. The lowest BCUT2D eigenvalue weighted by Gasteiger charge is -2.11. The Labute approximate surface area is 159 Å². The summed E-state index contributed by atoms with van der Waals surface area (Å²) in [5.41, 5.74) is 2.86. The van der Waals surface area contributed by atoms with Crippen molar-refractivity contribution in [2.45, 2.75) is 18.2 Å². The third-order valence-corrected chi connectivity index (χ3v) is 5.50. The van der Waals surface area contributed by atoms with Crippen LogP contribution < -0.4 is 10.0 Å². The minimum Gasteiger partial charge on any atom is -0.385 e. The van der Waals surface area contributed by atoms with E-state index in [1.807, 2.05) is 19.1 Å². The number of benzene rings is 3. The summed E-state index contributed by atoms with van der Waals surface area (Å²) in [5.74, 6) is -0.208. The lowest BCUT2D eigenvalue weighted by molar-refractivity contribution is 0.601. The first-order valence-electron chi connectivity index (χ1n) is 8.61. The highest BCUT2D eigenvalue weighted by Gasteiger charge is 2.14. The van der Waals surface area contributed by atoms with Crippen molar-refractivity contribution in [1.82, 2.24) is 0 Å². The number of nitrogens with one attached hydrogen (secondary N) is 2. The van der Waals surface area contributed by atoms with Crippen molar-refractivity contribution in [2.24, 2.45) is 0 Å². The van der Waals surface area contributed by atoms with E-state index < -0.39 is 10.0 Å². The van der Waals surface area contributed by atoms with Crippen molar-refractivity contribution < 1.29 is 12.8 Å². The van der Waals surface area contributed by atoms with Crippen molar-refractivity contribution in [3.05, 3.63) is 89.7 Å². The first-order valence-corrected chi connectivity index (χ1v) is 10.1. The Hall–Kier alpha value is -2.86. The smallest absolute Gasteiger partial charge is 0.261 e. The Morgan fingerprint density at radius 3 is 2.30 bits per heavy atom. The average molecular weight is 384 g/mol. The predicted molar refractivity (Wildman–Crippen MR) is 107 cm³/mol. The molecule has 2 N–H and O–H groups in total. The number of sulfonamides is 1. The SMILES string of the molecule is Cc1cccc(S(=O)(=O)Nc2ccc(NCCc3ccccc3F)cc2)c1. The molecule has 140 valence electrons. The van der Waals surface area contributed by atoms with Crippen LogP contribution in [0.15, 0.2) is 77.7 Å². The maximum absolute atomic E-state index is 13.6. The predicted octanol–water partition coefficient (Wildman–Crippen LogP) is 4.59. The Balaban J connectivity index is 1.59. The molecule has 0 amide bonds. The van der Waals surface area contributed by atoms with Crippen LogP contribution in [0.1, 0.15) is 11.1 Å². The zero-order valence-electron chi connectivity index (χ0n) is 14.9. The molecule has 0 aliphatic carbocycles. The Morgan fingerprint density at radius 2 is 1.59 bits per heavy atom. The van der Waals surface area contributed by atoms with Crippen molar-refractivity contribution >= 4 is 21.4 Å². The molecule has 0 aliphatic rings. The van der Waals surface area contributed by atoms with Crippen molar-refractivity contribution in [3.8, 4) is 0 Å². The summed E-state index contributed by atoms with van der Waals surface area (Å²) in [7, 11) is -3.62. The van der Waals surface area contributed by atoms with Gasteiger partial charge in [-0.05, 0) is 66.9 Å². The van der Waals surface area contributed by atoms with Crippen LogP contribution in [0, 0.1) is 12.7 Å². The summed E-state index contributed by atoms with van der Waals surface area (Å²) in [4.78, 5) is 0.231. The van der Waals surface area contributed by atoms with Crippen LogP contribution in [0.4, 0.5) is 15.8 Å². The molecule has 4 nitrogen and oxygen atoms in total. The largest absolute Gasteiger partial charge is 0.385 e. The Morgan fingerprint density at radius 1 is 0.889 bits per heavy atom. The summed E-state index contributed by atoms with van der Waals surface area (Å²) in [6, 6.07) is 20.4. The highest BCUT2D eigenvalue weighted by molar-refractivity contribution is 7.92. The first-order chi connectivity index (χ1) is 12.9. The van der Waals surface area contributed by atoms with Gasteiger partial charge in [0.15, 0.2) is 0 Å². The molecular formula is C21H21FN2O2S. The van der Waals surface area contributed by atoms with Crippen LogP contribution in [-0.4, -0.2) is 15.0 Å². The van der Waals surface area contributed by atoms with E-state index in [9.17, 15) is 12.8 Å². The maximum Gasteiger partial charge on any atom is 0.261 e. The molecule has 6 heteroatoms. The molecule has 3 aromatic carbocycles. The molecule has 0 radical (unpaired) electrons. The third kappa shape index (κ3) is 5.08. The molecule has 3 aromatic rings. The molecular weight excluding hydrogens is 363 g/mol. The standard InChI is InChI=1S/C21H21FN2O2S/c1-16-5-4-7-20(15-16)27(25,26)24-19-11-9-18(10-12-19)23-14-13-17-6-2-3-8-21(17)22/h2-12,15,23-24H,13-14H2,1H3. The number of halogens is 1. The fourth-order valence-corrected chi connectivity index (χ4v) is 3.86. The summed E-state index contributed by atoms with van der Waals surface area (Å²) < 4.78 is 41.0. The monoisotopic (exact) mass is 384 g/mol. The minimum atomic E-state index is -3.62. The molecule has 0 aliphatic heterocycles. The van der Waals surface area contributed by atoms with Crippen molar-refractivity contribution in [3.63, 3.8) is 0 Å². The maximum atomic E-state index is 13.6. The van der Waals surface area contributed by atoms with Gasteiger partial charge in [0.2, 0.25) is 0 Å². The van der Waals surface area contributed by atoms with Crippen molar-refractivity contribution in [2.75, 3.05) is 16.6 Å². The number of anilines is 2. The van der Waals surface area contributed by atoms with Gasteiger partial charge >= 0.3 is 0 Å². The van der Waals surface area contributed by atoms with Crippen LogP contribution in [0.25, 0.3) is 0 Å². The summed E-state index contributed by atoms with van der Waals surface area (Å²) in [6.45, 7) is 2.43. The van der Waals surface area contributed by atoms with Gasteiger partial charge in [-0.1, -0.05) is 30.3 Å². The van der Waals surface area contributed by atoms with Gasteiger partial charge in [-0.3, -0.25) is 4.72 Å². The van der Waals surface area contributed by atoms with Gasteiger partial charge in [-0.15, -0.1) is 0 Å². The van der Waals surface area contributed by atoms with Gasteiger partial charge in [0.25, 0.3) is 10.0 Å². The van der Waals surface area contributed by atoms with E-state index in [-0.39, 0.29) is 10.7 Å². The van der Waals surface area contributed by atoms with Crippen molar-refractivity contribution in [1.29, 1.82) is 0 Å². The van der Waals surface area contributed by atoms with E-state index in [1.165, 1.54) is 6.07 Å². The normalized spacial score (nSPS) is 11.2. The molecule has 0 saturated carbocycles. The molecule has 0 saturated heterocycles. The molecule has 0 heterocycles. The second-order valence-electron chi connectivity index (χ2n) is 6.27. The number of rotatable bonds is 7. The van der Waals surface area contributed by atoms with Crippen LogP contribution in [-0.2, 0) is 16.4 Å². The number of aryl methyl sites for hydroxylation is 1. The Bertz CT molecular complexity index is 1020. The lowest BCUT2D eigenvalue weighted by Crippen LogP contribution is -2.13. The zero-order valence-corrected chi connectivity index (χ0v) is 15.8. The fraction of sp³-hybridized carbons (Fsp3) is 0.143. The fourth-order valence-electron chi connectivity index (χ4n) is 2.70. The topological polar surface area (TPSA) is 58.2 Å². The van der Waals surface area contributed by atoms with Crippen LogP contribution >= 0.6 is 0 Å². The Kier molecular flexibility index (Phi) is 5.76. The highest BCUT2D eigenvalue weighted by Crippen LogP contribution is 2.19. The molecule has 0 aromatic heterocycles. The average Bonchev–Trinajstić information content (AvgIpc) is 2.64. The van der Waals surface area contributed by atoms with E-state index in [0.29, 0.717) is 24.2 Å². The first kappa shape index (κ1) is 18.9. The molecule has 0 fully saturated rings. The zero-order chi connectivity index (χ0) is 19.3. The molecule has 0 atom stereocenters. The summed E-state index contributed by atoms with van der Waals surface area (Å²) in [6.07, 6.45) is 0.564. The van der Waals surface area contributed by atoms with Gasteiger partial charge in [0, 0.05) is 17.9 Å². The van der Waals surface area contributed by atoms with Crippen LogP contribution in [0.2, 0.25) is 0 Å². The summed E-state index contributed by atoms with van der Waals surface area (Å²) >= 11 is 0. The van der Waals surface area contributed by atoms with Gasteiger partial charge in [-0.2, -0.15) is 0 Å². The molecule has 0 spiro atoms. The minimum absolute atomic E-state index is 0.208. The van der Waals surface area contributed by atoms with E-state index in [2.05, 4.69) is 10.0 Å². The van der Waals surface area contributed by atoms with Crippen LogP contribution in [0.3, 0.4) is 0 Å². The summed E-state index contributed by atoms with van der Waals surface area (Å²) in [5, 5.41) is 3.21. The number of hydrogen-bond acceptors (Lipinski definition) is 3. The van der Waals surface area contributed by atoms with Gasteiger partial charge in [-0.25, -0.2) is 12.8 Å². The van der Waals surface area contributed by atoms with Crippen LogP contribution in [0.5, 0.6) is 0 Å². The second-order valence-corrected chi connectivity index (χ2v) is 7.95. The number of hydrogen-bond donors (Lipinski definition) is 2. The molecule has 27 heavy (non-hydrogen) atoms. The van der Waals surface area contributed by atoms with E-state index in [0.717, 1.165) is 11.3 Å². The molecule has 0 bridgehead atoms.